The molecule has 7 nitrogen and oxygen atoms in total. The molecule has 2 heterocycles. The van der Waals surface area contributed by atoms with Gasteiger partial charge in [0.1, 0.15) is 52.2 Å². The maximum atomic E-state index is 9.77. The number of hydrogen-bond acceptors (Lipinski definition) is 8. The summed E-state index contributed by atoms with van der Waals surface area (Å²) in [6, 6.07) is 34.1. The Morgan fingerprint density at radius 3 is 1.63 bits per heavy atom. The van der Waals surface area contributed by atoms with Gasteiger partial charge in [-0.1, -0.05) is 18.2 Å². The lowest BCUT2D eigenvalue weighted by Crippen LogP contribution is -2.22. The van der Waals surface area contributed by atoms with Crippen LogP contribution in [0.2, 0.25) is 0 Å². The second kappa shape index (κ2) is 13.7. The Bertz CT molecular complexity index is 1910. The first-order chi connectivity index (χ1) is 22.3. The van der Waals surface area contributed by atoms with Crippen LogP contribution < -0.4 is 14.4 Å². The third kappa shape index (κ3) is 6.71. The Morgan fingerprint density at radius 1 is 0.696 bits per heavy atom. The molecule has 0 unspecified atom stereocenters. The van der Waals surface area contributed by atoms with E-state index >= 15 is 0 Å². The van der Waals surface area contributed by atoms with Crippen LogP contribution in [0, 0.1) is 34.0 Å². The minimum absolute atomic E-state index is 0.115. The normalized spacial score (nSPS) is 13.6. The molecule has 0 amide bonds. The average molecular weight is 623 g/mol. The van der Waals surface area contributed by atoms with Crippen molar-refractivity contribution in [1.82, 2.24) is 0 Å². The summed E-state index contributed by atoms with van der Waals surface area (Å²) >= 11 is 1.59. The lowest BCUT2D eigenvalue weighted by atomic mass is 9.90. The number of anilines is 3. The Kier molecular flexibility index (Phi) is 9.39. The SMILES string of the molecule is COc1ccc(N(c2ccc(/C=C/c3ccc(/C=C/C4=C(C#N)C(=C(C#N)C#N)C(C)(C)O4)s3)cc2)c2ccc(OC)cc2)cc1. The van der Waals surface area contributed by atoms with E-state index in [0.29, 0.717) is 11.3 Å². The van der Waals surface area contributed by atoms with Crippen molar-refractivity contribution in [2.75, 3.05) is 19.1 Å². The molecule has 0 spiro atoms. The van der Waals surface area contributed by atoms with Crippen LogP contribution in [0.4, 0.5) is 17.1 Å². The fourth-order valence-electron chi connectivity index (χ4n) is 5.12. The Balaban J connectivity index is 1.34. The van der Waals surface area contributed by atoms with Crippen LogP contribution in [0.1, 0.15) is 29.2 Å². The monoisotopic (exact) mass is 622 g/mol. The highest BCUT2D eigenvalue weighted by Gasteiger charge is 2.40. The van der Waals surface area contributed by atoms with Gasteiger partial charge >= 0.3 is 0 Å². The number of nitriles is 3. The minimum atomic E-state index is -0.954. The van der Waals surface area contributed by atoms with Gasteiger partial charge in [-0.3, -0.25) is 0 Å². The van der Waals surface area contributed by atoms with Crippen molar-refractivity contribution in [2.45, 2.75) is 19.4 Å². The zero-order chi connectivity index (χ0) is 32.7. The molecule has 226 valence electrons. The summed E-state index contributed by atoms with van der Waals surface area (Å²) in [5, 5.41) is 28.5. The van der Waals surface area contributed by atoms with Gasteiger partial charge in [0.05, 0.1) is 14.2 Å². The van der Waals surface area contributed by atoms with Crippen LogP contribution in [0.25, 0.3) is 18.2 Å². The van der Waals surface area contributed by atoms with Crippen molar-refractivity contribution in [3.05, 3.63) is 129 Å². The average Bonchev–Trinajstić information content (AvgIpc) is 3.65. The molecule has 1 aromatic heterocycles. The van der Waals surface area contributed by atoms with E-state index in [9.17, 15) is 15.8 Å². The number of hydrogen-bond donors (Lipinski definition) is 0. The quantitative estimate of drug-likeness (QED) is 0.171. The van der Waals surface area contributed by atoms with Crippen LogP contribution in [-0.4, -0.2) is 19.8 Å². The fraction of sp³-hybridized carbons (Fsp3) is 0.132. The summed E-state index contributed by atoms with van der Waals surface area (Å²) in [6.07, 6.45) is 7.71. The molecular formula is C38H30N4O3S. The third-order valence-corrected chi connectivity index (χ3v) is 8.36. The highest BCUT2D eigenvalue weighted by Crippen LogP contribution is 2.41. The van der Waals surface area contributed by atoms with E-state index in [1.54, 1.807) is 45.5 Å². The van der Waals surface area contributed by atoms with Gasteiger partial charge in [0.15, 0.2) is 0 Å². The van der Waals surface area contributed by atoms with Gasteiger partial charge in [0.2, 0.25) is 0 Å². The molecule has 0 aliphatic carbocycles. The van der Waals surface area contributed by atoms with E-state index < -0.39 is 5.60 Å². The molecule has 0 saturated carbocycles. The molecule has 3 aromatic carbocycles. The molecule has 0 radical (unpaired) electrons. The molecule has 4 aromatic rings. The first-order valence-electron chi connectivity index (χ1n) is 14.3. The van der Waals surface area contributed by atoms with Gasteiger partial charge in [0.25, 0.3) is 0 Å². The van der Waals surface area contributed by atoms with Gasteiger partial charge in [-0.2, -0.15) is 15.8 Å². The van der Waals surface area contributed by atoms with Crippen molar-refractivity contribution in [1.29, 1.82) is 15.8 Å². The van der Waals surface area contributed by atoms with Crippen molar-refractivity contribution in [3.8, 4) is 29.7 Å². The maximum Gasteiger partial charge on any atom is 0.138 e. The number of benzene rings is 3. The molecule has 0 saturated heterocycles. The van der Waals surface area contributed by atoms with Crippen LogP contribution in [0.3, 0.4) is 0 Å². The standard InChI is InChI=1S/C38H30N4O3S/c1-38(2)37(27(23-39)24-40)35(25-41)36(45-38)22-21-34-20-19-33(46-34)18-7-26-5-8-28(9-6-26)42(29-10-14-31(43-3)15-11-29)30-12-16-32(44-4)17-13-30/h5-22H,1-4H3/b18-7+,22-21+. The number of allylic oxidation sites excluding steroid dienone is 2. The molecule has 5 rings (SSSR count). The largest absolute Gasteiger partial charge is 0.497 e. The number of thiophene rings is 1. The molecule has 1 aliphatic rings. The lowest BCUT2D eigenvalue weighted by Gasteiger charge is -2.26. The van der Waals surface area contributed by atoms with E-state index in [2.05, 4.69) is 47.4 Å². The Hall–Kier alpha value is -6.01. The summed E-state index contributed by atoms with van der Waals surface area (Å²) < 4.78 is 16.7. The predicted octanol–water partition coefficient (Wildman–Crippen LogP) is 9.35. The Labute approximate surface area is 273 Å². The topological polar surface area (TPSA) is 102 Å². The van der Waals surface area contributed by atoms with Crippen molar-refractivity contribution >= 4 is 46.6 Å². The summed E-state index contributed by atoms with van der Waals surface area (Å²) in [7, 11) is 3.31. The molecule has 0 N–H and O–H groups in total. The third-order valence-electron chi connectivity index (χ3n) is 7.35. The van der Waals surface area contributed by atoms with Crippen LogP contribution in [0.5, 0.6) is 11.5 Å². The van der Waals surface area contributed by atoms with E-state index in [1.165, 1.54) is 0 Å². The number of nitrogens with zero attached hydrogens (tertiary/aromatic N) is 4. The van der Waals surface area contributed by atoms with E-state index in [0.717, 1.165) is 43.9 Å². The highest BCUT2D eigenvalue weighted by atomic mass is 32.1. The van der Waals surface area contributed by atoms with E-state index in [4.69, 9.17) is 14.2 Å². The molecule has 8 heteroatoms. The van der Waals surface area contributed by atoms with Gasteiger partial charge < -0.3 is 19.1 Å². The van der Waals surface area contributed by atoms with Gasteiger partial charge in [0, 0.05) is 32.4 Å². The molecule has 0 bridgehead atoms. The summed E-state index contributed by atoms with van der Waals surface area (Å²) in [6.45, 7) is 3.48. The lowest BCUT2D eigenvalue weighted by molar-refractivity contribution is 0.0966. The zero-order valence-corrected chi connectivity index (χ0v) is 26.6. The van der Waals surface area contributed by atoms with E-state index in [1.807, 2.05) is 78.9 Å². The predicted molar refractivity (Wildman–Crippen MR) is 183 cm³/mol. The maximum absolute atomic E-state index is 9.77. The first kappa shape index (κ1) is 31.4. The Morgan fingerprint density at radius 2 is 1.17 bits per heavy atom. The van der Waals surface area contributed by atoms with Gasteiger partial charge in [-0.15, -0.1) is 11.3 Å². The minimum Gasteiger partial charge on any atom is -0.497 e. The smallest absolute Gasteiger partial charge is 0.138 e. The molecule has 1 aliphatic heterocycles. The summed E-state index contributed by atoms with van der Waals surface area (Å²) in [5.74, 6) is 1.93. The number of rotatable bonds is 9. The zero-order valence-electron chi connectivity index (χ0n) is 25.8. The second-order valence-electron chi connectivity index (χ2n) is 10.7. The van der Waals surface area contributed by atoms with Crippen molar-refractivity contribution in [2.24, 2.45) is 0 Å². The van der Waals surface area contributed by atoms with Crippen LogP contribution >= 0.6 is 11.3 Å². The van der Waals surface area contributed by atoms with Gasteiger partial charge in [-0.25, -0.2) is 0 Å². The summed E-state index contributed by atoms with van der Waals surface area (Å²) in [5.41, 5.74) is 3.51. The van der Waals surface area contributed by atoms with Gasteiger partial charge in [-0.05, 0) is 110 Å². The highest BCUT2D eigenvalue weighted by molar-refractivity contribution is 7.13. The number of ether oxygens (including phenoxy) is 3. The second-order valence-corrected chi connectivity index (χ2v) is 11.8. The summed E-state index contributed by atoms with van der Waals surface area (Å²) in [4.78, 5) is 4.20. The molecule has 46 heavy (non-hydrogen) atoms. The molecule has 0 atom stereocenters. The van der Waals surface area contributed by atoms with E-state index in [-0.39, 0.29) is 11.1 Å². The van der Waals surface area contributed by atoms with Crippen molar-refractivity contribution in [3.63, 3.8) is 0 Å². The molecule has 0 fully saturated rings. The molecular weight excluding hydrogens is 593 g/mol. The van der Waals surface area contributed by atoms with Crippen molar-refractivity contribution < 1.29 is 14.2 Å². The van der Waals surface area contributed by atoms with Crippen LogP contribution in [-0.2, 0) is 4.74 Å². The number of methoxy groups -OCH3 is 2. The fourth-order valence-corrected chi connectivity index (χ4v) is 5.94. The first-order valence-corrected chi connectivity index (χ1v) is 15.1. The van der Waals surface area contributed by atoms with Crippen LogP contribution in [0.15, 0.2) is 113 Å².